The van der Waals surface area contributed by atoms with Gasteiger partial charge in [-0.2, -0.15) is 0 Å². The molecule has 0 bridgehead atoms. The fourth-order valence-corrected chi connectivity index (χ4v) is 3.74. The third kappa shape index (κ3) is 3.24. The van der Waals surface area contributed by atoms with Crippen molar-refractivity contribution in [1.82, 2.24) is 5.32 Å². The van der Waals surface area contributed by atoms with Crippen LogP contribution in [0.5, 0.6) is 5.75 Å². The smallest absolute Gasteiger partial charge is 0.306 e. The van der Waals surface area contributed by atoms with E-state index in [1.807, 2.05) is 13.0 Å². The van der Waals surface area contributed by atoms with Gasteiger partial charge >= 0.3 is 5.97 Å². The summed E-state index contributed by atoms with van der Waals surface area (Å²) < 4.78 is 11.0. The summed E-state index contributed by atoms with van der Waals surface area (Å²) in [5.41, 5.74) is 1.15. The number of methoxy groups -OCH3 is 1. The molecule has 0 aromatic heterocycles. The summed E-state index contributed by atoms with van der Waals surface area (Å²) in [6.07, 6.45) is 2.50. The molecule has 0 radical (unpaired) electrons. The van der Waals surface area contributed by atoms with E-state index >= 15 is 0 Å². The van der Waals surface area contributed by atoms with Crippen LogP contribution in [0.3, 0.4) is 0 Å². The Kier molecular flexibility index (Phi) is 4.49. The number of amides is 1. The minimum absolute atomic E-state index is 0.0170. The second kappa shape index (κ2) is 6.43. The van der Waals surface area contributed by atoms with Gasteiger partial charge in [0, 0.05) is 18.2 Å². The minimum Gasteiger partial charge on any atom is -0.496 e. The van der Waals surface area contributed by atoms with Crippen LogP contribution >= 0.6 is 0 Å². The molecule has 1 aromatic rings. The number of carbonyl (C=O) groups is 2. The number of nitrogens with one attached hydrogen (secondary N) is 1. The van der Waals surface area contributed by atoms with Crippen molar-refractivity contribution in [2.45, 2.75) is 44.2 Å². The van der Waals surface area contributed by atoms with Crippen molar-refractivity contribution in [3.8, 4) is 5.75 Å². The Hall–Kier alpha value is -2.08. The van der Waals surface area contributed by atoms with E-state index in [0.717, 1.165) is 17.7 Å². The minimum atomic E-state index is -0.760. The molecule has 1 saturated carbocycles. The van der Waals surface area contributed by atoms with Crippen molar-refractivity contribution in [3.05, 3.63) is 29.3 Å². The molecule has 1 heterocycles. The van der Waals surface area contributed by atoms with Gasteiger partial charge in [0.2, 0.25) is 0 Å². The zero-order valence-electron chi connectivity index (χ0n) is 14.0. The molecule has 2 N–H and O–H groups in total. The van der Waals surface area contributed by atoms with Gasteiger partial charge in [0.25, 0.3) is 5.91 Å². The Morgan fingerprint density at radius 2 is 2.08 bits per heavy atom. The normalized spacial score (nSPS) is 28.9. The highest BCUT2D eigenvalue weighted by Crippen LogP contribution is 2.46. The van der Waals surface area contributed by atoms with Crippen LogP contribution in [0.4, 0.5) is 0 Å². The van der Waals surface area contributed by atoms with E-state index < -0.39 is 5.97 Å². The van der Waals surface area contributed by atoms with Crippen LogP contribution in [-0.2, 0) is 9.53 Å². The van der Waals surface area contributed by atoms with Gasteiger partial charge < -0.3 is 19.9 Å². The van der Waals surface area contributed by atoms with Crippen LogP contribution in [0.1, 0.15) is 41.6 Å². The first-order valence-corrected chi connectivity index (χ1v) is 8.25. The Bertz CT molecular complexity index is 651. The third-order valence-corrected chi connectivity index (χ3v) is 5.07. The number of carboxylic acid groups (broad SMARTS) is 1. The lowest BCUT2D eigenvalue weighted by molar-refractivity contribution is -0.181. The molecular formula is C18H23NO5. The van der Waals surface area contributed by atoms with E-state index in [0.29, 0.717) is 31.4 Å². The van der Waals surface area contributed by atoms with Crippen molar-refractivity contribution in [2.24, 2.45) is 5.92 Å². The van der Waals surface area contributed by atoms with E-state index in [-0.39, 0.29) is 23.5 Å². The zero-order chi connectivity index (χ0) is 17.3. The van der Waals surface area contributed by atoms with Crippen LogP contribution in [0.25, 0.3) is 0 Å². The third-order valence-electron chi connectivity index (χ3n) is 5.07. The van der Waals surface area contributed by atoms with Gasteiger partial charge in [-0.15, -0.1) is 0 Å². The SMILES string of the molecule is COc1ccc(C(=O)NC2CCOC3(C2)CC(C(=O)O)C3)cc1C. The summed E-state index contributed by atoms with van der Waals surface area (Å²) in [4.78, 5) is 23.5. The number of aryl methyl sites for hydroxylation is 1. The largest absolute Gasteiger partial charge is 0.496 e. The van der Waals surface area contributed by atoms with Crippen molar-refractivity contribution >= 4 is 11.9 Å². The van der Waals surface area contributed by atoms with E-state index in [4.69, 9.17) is 14.6 Å². The molecule has 1 aliphatic heterocycles. The lowest BCUT2D eigenvalue weighted by Crippen LogP contribution is -2.56. The maximum atomic E-state index is 12.5. The van der Waals surface area contributed by atoms with Crippen LogP contribution < -0.4 is 10.1 Å². The molecule has 1 saturated heterocycles. The molecule has 1 amide bonds. The monoisotopic (exact) mass is 333 g/mol. The molecule has 130 valence electrons. The number of rotatable bonds is 4. The van der Waals surface area contributed by atoms with Gasteiger partial charge in [-0.05, 0) is 56.4 Å². The second-order valence-corrected chi connectivity index (χ2v) is 6.82. The lowest BCUT2D eigenvalue weighted by atomic mass is 9.66. The van der Waals surface area contributed by atoms with Crippen LogP contribution in [-0.4, -0.2) is 42.3 Å². The first-order valence-electron chi connectivity index (χ1n) is 8.25. The molecule has 24 heavy (non-hydrogen) atoms. The quantitative estimate of drug-likeness (QED) is 0.882. The molecule has 3 rings (SSSR count). The molecule has 6 heteroatoms. The van der Waals surface area contributed by atoms with E-state index in [9.17, 15) is 9.59 Å². The summed E-state index contributed by atoms with van der Waals surface area (Å²) in [6, 6.07) is 5.37. The number of hydrogen-bond donors (Lipinski definition) is 2. The highest BCUT2D eigenvalue weighted by atomic mass is 16.5. The average Bonchev–Trinajstić information content (AvgIpc) is 2.52. The van der Waals surface area contributed by atoms with Gasteiger partial charge in [-0.25, -0.2) is 0 Å². The number of ether oxygens (including phenoxy) is 2. The van der Waals surface area contributed by atoms with Gasteiger partial charge in [0.1, 0.15) is 5.75 Å². The summed E-state index contributed by atoms with van der Waals surface area (Å²) in [5.74, 6) is -0.435. The zero-order valence-corrected chi connectivity index (χ0v) is 14.0. The summed E-state index contributed by atoms with van der Waals surface area (Å²) in [7, 11) is 1.60. The summed E-state index contributed by atoms with van der Waals surface area (Å²) in [5, 5.41) is 12.1. The van der Waals surface area contributed by atoms with Gasteiger partial charge in [0.15, 0.2) is 0 Å². The maximum Gasteiger partial charge on any atom is 0.306 e. The second-order valence-electron chi connectivity index (χ2n) is 6.82. The highest BCUT2D eigenvalue weighted by molar-refractivity contribution is 5.94. The number of hydrogen-bond acceptors (Lipinski definition) is 4. The Morgan fingerprint density at radius 1 is 1.33 bits per heavy atom. The van der Waals surface area contributed by atoms with Gasteiger partial charge in [-0.3, -0.25) is 9.59 Å². The van der Waals surface area contributed by atoms with Crippen molar-refractivity contribution in [3.63, 3.8) is 0 Å². The van der Waals surface area contributed by atoms with Crippen LogP contribution in [0, 0.1) is 12.8 Å². The fourth-order valence-electron chi connectivity index (χ4n) is 3.74. The molecule has 6 nitrogen and oxygen atoms in total. The first kappa shape index (κ1) is 16.8. The van der Waals surface area contributed by atoms with Crippen LogP contribution in [0.15, 0.2) is 18.2 Å². The number of carbonyl (C=O) groups excluding carboxylic acids is 1. The van der Waals surface area contributed by atoms with Crippen LogP contribution in [0.2, 0.25) is 0 Å². The van der Waals surface area contributed by atoms with E-state index in [1.165, 1.54) is 0 Å². The Balaban J connectivity index is 1.60. The Morgan fingerprint density at radius 3 is 2.71 bits per heavy atom. The molecule has 1 aliphatic carbocycles. The fraction of sp³-hybridized carbons (Fsp3) is 0.556. The molecular weight excluding hydrogens is 310 g/mol. The molecule has 1 unspecified atom stereocenters. The topological polar surface area (TPSA) is 84.9 Å². The van der Waals surface area contributed by atoms with Crippen molar-refractivity contribution in [1.29, 1.82) is 0 Å². The first-order chi connectivity index (χ1) is 11.4. The Labute approximate surface area is 141 Å². The molecule has 1 spiro atoms. The summed E-state index contributed by atoms with van der Waals surface area (Å²) in [6.45, 7) is 2.46. The van der Waals surface area contributed by atoms with E-state index in [2.05, 4.69) is 5.32 Å². The highest BCUT2D eigenvalue weighted by Gasteiger charge is 2.51. The average molecular weight is 333 g/mol. The number of aliphatic carboxylic acids is 1. The van der Waals surface area contributed by atoms with Gasteiger partial charge in [-0.1, -0.05) is 0 Å². The van der Waals surface area contributed by atoms with Crippen molar-refractivity contribution in [2.75, 3.05) is 13.7 Å². The maximum absolute atomic E-state index is 12.5. The molecule has 1 aromatic carbocycles. The van der Waals surface area contributed by atoms with Crippen molar-refractivity contribution < 1.29 is 24.2 Å². The lowest BCUT2D eigenvalue weighted by Gasteiger charge is -2.50. The number of carboxylic acids is 1. The molecule has 2 fully saturated rings. The van der Waals surface area contributed by atoms with Gasteiger partial charge in [0.05, 0.1) is 18.6 Å². The summed E-state index contributed by atoms with van der Waals surface area (Å²) >= 11 is 0. The predicted molar refractivity (Wildman–Crippen MR) is 87.3 cm³/mol. The molecule has 1 atom stereocenters. The molecule has 2 aliphatic rings. The number of benzene rings is 1. The predicted octanol–water partition coefficient (Wildman–Crippen LogP) is 2.15. The standard InChI is InChI=1S/C18H23NO5/c1-11-7-12(3-4-15(11)23-2)16(20)19-14-5-6-24-18(10-14)8-13(9-18)17(21)22/h3-4,7,13-14H,5-6,8-10H2,1-2H3,(H,19,20)(H,21,22). The van der Waals surface area contributed by atoms with E-state index in [1.54, 1.807) is 19.2 Å².